The summed E-state index contributed by atoms with van der Waals surface area (Å²) in [6.07, 6.45) is 42.6. The highest BCUT2D eigenvalue weighted by Gasteiger charge is 2.25. The van der Waals surface area contributed by atoms with E-state index in [2.05, 4.69) is 13.8 Å². The van der Waals surface area contributed by atoms with Gasteiger partial charge in [0.15, 0.2) is 0 Å². The van der Waals surface area contributed by atoms with E-state index >= 15 is 0 Å². The van der Waals surface area contributed by atoms with Gasteiger partial charge in [-0.3, -0.25) is 13.8 Å². The first-order valence-corrected chi connectivity index (χ1v) is 24.0. The molecule has 0 saturated carbocycles. The SMILES string of the molecule is CCCCCCCCCCCCCCCCCCCCCOCC(COP(=O)(O)OCCN)OC(=O)CCCCCCCCCCCCCCCC. The molecule has 0 radical (unpaired) electrons. The maximum atomic E-state index is 12.6. The monoisotopic (exact) mass is 762 g/mol. The molecule has 52 heavy (non-hydrogen) atoms. The minimum Gasteiger partial charge on any atom is -0.457 e. The van der Waals surface area contributed by atoms with Crippen molar-refractivity contribution in [1.82, 2.24) is 0 Å². The van der Waals surface area contributed by atoms with Crippen molar-refractivity contribution >= 4 is 13.8 Å². The Morgan fingerprint density at radius 2 is 0.846 bits per heavy atom. The Morgan fingerprint density at radius 3 is 1.21 bits per heavy atom. The molecule has 3 N–H and O–H groups in total. The molecule has 0 amide bonds. The van der Waals surface area contributed by atoms with Gasteiger partial charge < -0.3 is 20.1 Å². The lowest BCUT2D eigenvalue weighted by Gasteiger charge is -2.20. The summed E-state index contributed by atoms with van der Waals surface area (Å²) in [6, 6.07) is 0. The molecule has 0 aromatic rings. The summed E-state index contributed by atoms with van der Waals surface area (Å²) >= 11 is 0. The summed E-state index contributed by atoms with van der Waals surface area (Å²) in [5.41, 5.74) is 5.37. The number of nitrogens with two attached hydrogens (primary N) is 1. The number of phosphoric acid groups is 1. The van der Waals surface area contributed by atoms with E-state index in [1.807, 2.05) is 0 Å². The largest absolute Gasteiger partial charge is 0.472 e. The first-order chi connectivity index (χ1) is 25.4. The van der Waals surface area contributed by atoms with E-state index in [1.165, 1.54) is 180 Å². The van der Waals surface area contributed by atoms with Crippen LogP contribution in [-0.2, 0) is 27.9 Å². The maximum absolute atomic E-state index is 12.6. The van der Waals surface area contributed by atoms with Crippen LogP contribution in [0.15, 0.2) is 0 Å². The molecule has 0 aliphatic rings. The summed E-state index contributed by atoms with van der Waals surface area (Å²) in [5.74, 6) is -0.324. The molecule has 2 unspecified atom stereocenters. The summed E-state index contributed by atoms with van der Waals surface area (Å²) < 4.78 is 33.5. The van der Waals surface area contributed by atoms with Gasteiger partial charge in [0.25, 0.3) is 0 Å². The average molecular weight is 762 g/mol. The second-order valence-electron chi connectivity index (χ2n) is 15.3. The number of esters is 1. The molecule has 0 aromatic heterocycles. The van der Waals surface area contributed by atoms with Crippen molar-refractivity contribution in [2.45, 2.75) is 238 Å². The van der Waals surface area contributed by atoms with Gasteiger partial charge in [-0.25, -0.2) is 4.57 Å². The van der Waals surface area contributed by atoms with Crippen LogP contribution in [0, 0.1) is 0 Å². The lowest BCUT2D eigenvalue weighted by Crippen LogP contribution is -2.28. The topological polar surface area (TPSA) is 117 Å². The highest BCUT2D eigenvalue weighted by atomic mass is 31.2. The lowest BCUT2D eigenvalue weighted by molar-refractivity contribution is -0.154. The third kappa shape index (κ3) is 40.7. The van der Waals surface area contributed by atoms with Crippen LogP contribution in [0.25, 0.3) is 0 Å². The number of carbonyl (C=O) groups is 1. The summed E-state index contributed by atoms with van der Waals surface area (Å²) in [7, 11) is -4.27. The Balaban J connectivity index is 3.93. The number of unbranched alkanes of at least 4 members (excludes halogenated alkanes) is 31. The molecule has 0 aromatic carbocycles. The maximum Gasteiger partial charge on any atom is 0.472 e. The van der Waals surface area contributed by atoms with Gasteiger partial charge in [-0.15, -0.1) is 0 Å². The van der Waals surface area contributed by atoms with Crippen LogP contribution in [0.2, 0.25) is 0 Å². The van der Waals surface area contributed by atoms with Gasteiger partial charge in [0.2, 0.25) is 0 Å². The fraction of sp³-hybridized carbons (Fsp3) is 0.977. The van der Waals surface area contributed by atoms with E-state index < -0.39 is 13.9 Å². The van der Waals surface area contributed by atoms with Crippen molar-refractivity contribution in [3.05, 3.63) is 0 Å². The van der Waals surface area contributed by atoms with E-state index in [0.717, 1.165) is 32.1 Å². The standard InChI is InChI=1S/C43H88NO7P/c1-3-5-7-9-11-13-15-17-19-20-21-22-23-25-27-29-31-33-35-38-48-40-42(41-50-52(46,47)49-39-37-44)51-43(45)36-34-32-30-28-26-24-18-16-14-12-10-8-6-4-2/h42H,3-41,44H2,1-2H3,(H,46,47). The molecule has 9 heteroatoms. The number of carbonyl (C=O) groups excluding carboxylic acids is 1. The average Bonchev–Trinajstić information content (AvgIpc) is 3.13. The molecule has 0 aliphatic carbocycles. The molecular formula is C43H88NO7P. The van der Waals surface area contributed by atoms with E-state index in [9.17, 15) is 14.3 Å². The van der Waals surface area contributed by atoms with Gasteiger partial charge in [-0.1, -0.05) is 213 Å². The van der Waals surface area contributed by atoms with E-state index in [4.69, 9.17) is 24.3 Å². The Morgan fingerprint density at radius 1 is 0.500 bits per heavy atom. The van der Waals surface area contributed by atoms with E-state index in [0.29, 0.717) is 13.0 Å². The molecule has 312 valence electrons. The Kier molecular flexibility index (Phi) is 41.3. The first-order valence-electron chi connectivity index (χ1n) is 22.5. The molecule has 2 atom stereocenters. The van der Waals surface area contributed by atoms with Gasteiger partial charge in [-0.2, -0.15) is 0 Å². The number of rotatable bonds is 44. The van der Waals surface area contributed by atoms with Crippen LogP contribution < -0.4 is 5.73 Å². The Hall–Kier alpha value is -0.500. The molecular weight excluding hydrogens is 673 g/mol. The molecule has 0 fully saturated rings. The first kappa shape index (κ1) is 51.5. The molecule has 0 heterocycles. The number of phosphoric ester groups is 1. The van der Waals surface area contributed by atoms with Gasteiger partial charge >= 0.3 is 13.8 Å². The van der Waals surface area contributed by atoms with Crippen LogP contribution in [-0.4, -0.2) is 49.9 Å². The zero-order valence-electron chi connectivity index (χ0n) is 34.6. The van der Waals surface area contributed by atoms with Crippen molar-refractivity contribution < 1.29 is 32.8 Å². The van der Waals surface area contributed by atoms with Crippen molar-refractivity contribution in [1.29, 1.82) is 0 Å². The third-order valence-electron chi connectivity index (χ3n) is 10.0. The predicted octanol–water partition coefficient (Wildman–Crippen LogP) is 13.3. The molecule has 0 saturated heterocycles. The van der Waals surface area contributed by atoms with Crippen LogP contribution >= 0.6 is 7.82 Å². The smallest absolute Gasteiger partial charge is 0.457 e. The second kappa shape index (κ2) is 41.7. The third-order valence-corrected chi connectivity index (χ3v) is 11.0. The lowest BCUT2D eigenvalue weighted by atomic mass is 10.0. The highest BCUT2D eigenvalue weighted by Crippen LogP contribution is 2.43. The normalized spacial score (nSPS) is 13.4. The fourth-order valence-corrected chi connectivity index (χ4v) is 7.47. The van der Waals surface area contributed by atoms with Crippen molar-refractivity contribution in [3.8, 4) is 0 Å². The van der Waals surface area contributed by atoms with Crippen LogP contribution in [0.4, 0.5) is 0 Å². The van der Waals surface area contributed by atoms with Crippen molar-refractivity contribution in [2.24, 2.45) is 5.73 Å². The molecule has 0 rings (SSSR count). The van der Waals surface area contributed by atoms with Gasteiger partial charge in [-0.05, 0) is 12.8 Å². The fourth-order valence-electron chi connectivity index (χ4n) is 6.70. The van der Waals surface area contributed by atoms with Crippen LogP contribution in [0.1, 0.15) is 232 Å². The molecule has 8 nitrogen and oxygen atoms in total. The van der Waals surface area contributed by atoms with Crippen molar-refractivity contribution in [3.63, 3.8) is 0 Å². The molecule has 0 bridgehead atoms. The zero-order chi connectivity index (χ0) is 38.1. The highest BCUT2D eigenvalue weighted by molar-refractivity contribution is 7.47. The molecule has 0 spiro atoms. The summed E-state index contributed by atoms with van der Waals surface area (Å²) in [4.78, 5) is 22.5. The minimum absolute atomic E-state index is 0.0900. The second-order valence-corrected chi connectivity index (χ2v) is 16.7. The quantitative estimate of drug-likeness (QED) is 0.0358. The summed E-state index contributed by atoms with van der Waals surface area (Å²) in [6.45, 7) is 4.99. The van der Waals surface area contributed by atoms with Crippen molar-refractivity contribution in [2.75, 3.05) is 33.0 Å². The zero-order valence-corrected chi connectivity index (χ0v) is 35.5. The van der Waals surface area contributed by atoms with E-state index in [1.54, 1.807) is 0 Å². The van der Waals surface area contributed by atoms with Gasteiger partial charge in [0.05, 0.1) is 19.8 Å². The van der Waals surface area contributed by atoms with Crippen LogP contribution in [0.5, 0.6) is 0 Å². The summed E-state index contributed by atoms with van der Waals surface area (Å²) in [5, 5.41) is 0. The number of ether oxygens (including phenoxy) is 2. The Bertz CT molecular complexity index is 772. The minimum atomic E-state index is -4.27. The number of hydrogen-bond acceptors (Lipinski definition) is 7. The van der Waals surface area contributed by atoms with Crippen LogP contribution in [0.3, 0.4) is 0 Å². The van der Waals surface area contributed by atoms with Gasteiger partial charge in [0.1, 0.15) is 6.10 Å². The molecule has 0 aliphatic heterocycles. The van der Waals surface area contributed by atoms with E-state index in [-0.39, 0.29) is 32.3 Å². The predicted molar refractivity (Wildman–Crippen MR) is 220 cm³/mol. The Labute approximate surface area is 322 Å². The number of hydrogen-bond donors (Lipinski definition) is 2. The van der Waals surface area contributed by atoms with Gasteiger partial charge in [0, 0.05) is 19.6 Å².